The summed E-state index contributed by atoms with van der Waals surface area (Å²) >= 11 is 0. The normalized spacial score (nSPS) is 25.7. The Morgan fingerprint density at radius 2 is 1.41 bits per heavy atom. The Labute approximate surface area is 274 Å². The van der Waals surface area contributed by atoms with Gasteiger partial charge in [-0.2, -0.15) is 0 Å². The molecule has 5 aliphatic rings. The average molecular weight is 643 g/mol. The van der Waals surface area contributed by atoms with Crippen LogP contribution in [0.25, 0.3) is 0 Å². The van der Waals surface area contributed by atoms with Crippen molar-refractivity contribution in [1.29, 1.82) is 0 Å². The first-order chi connectivity index (χ1) is 22.1. The summed E-state index contributed by atoms with van der Waals surface area (Å²) < 4.78 is 21.8. The quantitative estimate of drug-likeness (QED) is 0.280. The fraction of sp³-hybridized carbons (Fsp3) is 0.743. The number of benzene rings is 1. The van der Waals surface area contributed by atoms with E-state index < -0.39 is 6.09 Å². The van der Waals surface area contributed by atoms with Crippen molar-refractivity contribution in [3.8, 4) is 5.75 Å². The smallest absolute Gasteiger partial charge is 0.407 e. The standard InChI is InChI=1S/C35H54N4O7/c1-34(2,3)37-33(42)45-17-16-44-15-14-43-13-8-36-31(40)24-38-9-11-39(12-10-38)32(41)25-46-30-6-4-29(5-7-30)35-21-26-18-27(22-35)20-28(19-26)23-35/h4-7,26-28H,8-25H2,1-3H3,(H,36,40)(H,37,42). The lowest BCUT2D eigenvalue weighted by Gasteiger charge is -2.57. The molecule has 11 heteroatoms. The number of hydrogen-bond acceptors (Lipinski definition) is 8. The van der Waals surface area contributed by atoms with Crippen molar-refractivity contribution in [2.24, 2.45) is 17.8 Å². The van der Waals surface area contributed by atoms with Gasteiger partial charge in [0.25, 0.3) is 5.91 Å². The first kappa shape index (κ1) is 34.4. The number of ether oxygens (including phenoxy) is 4. The highest BCUT2D eigenvalue weighted by Gasteiger charge is 2.51. The van der Waals surface area contributed by atoms with E-state index in [4.69, 9.17) is 18.9 Å². The number of alkyl carbamates (subject to hydrolysis) is 1. The van der Waals surface area contributed by atoms with Gasteiger partial charge in [0.1, 0.15) is 12.4 Å². The number of nitrogens with zero attached hydrogens (tertiary/aromatic N) is 2. The zero-order chi connectivity index (χ0) is 32.6. The van der Waals surface area contributed by atoms with E-state index >= 15 is 0 Å². The van der Waals surface area contributed by atoms with Gasteiger partial charge < -0.3 is 34.5 Å². The third kappa shape index (κ3) is 10.1. The van der Waals surface area contributed by atoms with E-state index in [1.54, 1.807) is 0 Å². The Hall–Kier alpha value is -2.89. The summed E-state index contributed by atoms with van der Waals surface area (Å²) in [6.45, 7) is 10.4. The maximum Gasteiger partial charge on any atom is 0.407 e. The number of piperazine rings is 1. The number of carbonyl (C=O) groups excluding carboxylic acids is 3. The second kappa shape index (κ2) is 15.8. The van der Waals surface area contributed by atoms with E-state index in [-0.39, 0.29) is 30.6 Å². The molecule has 2 N–H and O–H groups in total. The minimum atomic E-state index is -0.466. The fourth-order valence-electron chi connectivity index (χ4n) is 8.14. The fourth-order valence-corrected chi connectivity index (χ4v) is 8.14. The molecule has 1 aromatic rings. The average Bonchev–Trinajstić information content (AvgIpc) is 3.00. The van der Waals surface area contributed by atoms with Gasteiger partial charge in [-0.25, -0.2) is 4.79 Å². The molecule has 5 fully saturated rings. The lowest BCUT2D eigenvalue weighted by Crippen LogP contribution is -2.52. The third-order valence-corrected chi connectivity index (χ3v) is 9.84. The molecule has 4 bridgehead atoms. The molecule has 6 rings (SSSR count). The van der Waals surface area contributed by atoms with Crippen LogP contribution in [0.4, 0.5) is 4.79 Å². The van der Waals surface area contributed by atoms with Crippen LogP contribution < -0.4 is 15.4 Å². The van der Waals surface area contributed by atoms with Crippen molar-refractivity contribution >= 4 is 17.9 Å². The van der Waals surface area contributed by atoms with Gasteiger partial charge in [0.05, 0.1) is 33.0 Å². The third-order valence-electron chi connectivity index (χ3n) is 9.84. The van der Waals surface area contributed by atoms with Crippen molar-refractivity contribution in [2.45, 2.75) is 70.3 Å². The number of nitrogens with one attached hydrogen (secondary N) is 2. The van der Waals surface area contributed by atoms with Gasteiger partial charge in [0.2, 0.25) is 5.91 Å². The molecule has 256 valence electrons. The van der Waals surface area contributed by atoms with Gasteiger partial charge in [-0.1, -0.05) is 12.1 Å². The molecule has 0 unspecified atom stereocenters. The lowest BCUT2D eigenvalue weighted by molar-refractivity contribution is -0.135. The summed E-state index contributed by atoms with van der Waals surface area (Å²) in [5.74, 6) is 3.42. The number of rotatable bonds is 15. The highest BCUT2D eigenvalue weighted by atomic mass is 16.6. The highest BCUT2D eigenvalue weighted by Crippen LogP contribution is 2.60. The predicted molar refractivity (Wildman–Crippen MR) is 174 cm³/mol. The van der Waals surface area contributed by atoms with Gasteiger partial charge in [0, 0.05) is 38.3 Å². The van der Waals surface area contributed by atoms with Gasteiger partial charge in [0.15, 0.2) is 6.61 Å². The van der Waals surface area contributed by atoms with Gasteiger partial charge in [-0.05, 0) is 100 Å². The van der Waals surface area contributed by atoms with Crippen molar-refractivity contribution in [3.63, 3.8) is 0 Å². The zero-order valence-corrected chi connectivity index (χ0v) is 28.0. The summed E-state index contributed by atoms with van der Waals surface area (Å²) in [4.78, 5) is 40.6. The second-order valence-electron chi connectivity index (χ2n) is 14.8. The molecular weight excluding hydrogens is 588 g/mol. The first-order valence-corrected chi connectivity index (χ1v) is 17.2. The van der Waals surface area contributed by atoms with Crippen LogP contribution in [0.2, 0.25) is 0 Å². The second-order valence-corrected chi connectivity index (χ2v) is 14.8. The van der Waals surface area contributed by atoms with Crippen molar-refractivity contribution in [3.05, 3.63) is 29.8 Å². The Balaban J connectivity index is 0.876. The molecule has 4 aliphatic carbocycles. The van der Waals surface area contributed by atoms with E-state index in [9.17, 15) is 14.4 Å². The zero-order valence-electron chi connectivity index (χ0n) is 28.0. The highest BCUT2D eigenvalue weighted by molar-refractivity contribution is 5.79. The Bertz CT molecular complexity index is 1130. The number of carbonyl (C=O) groups is 3. The summed E-state index contributed by atoms with van der Waals surface area (Å²) in [5, 5.41) is 5.58. The van der Waals surface area contributed by atoms with Crippen LogP contribution in [0.1, 0.15) is 64.9 Å². The van der Waals surface area contributed by atoms with Crippen LogP contribution >= 0.6 is 0 Å². The number of hydrogen-bond donors (Lipinski definition) is 2. The van der Waals surface area contributed by atoms with Gasteiger partial charge in [-0.15, -0.1) is 0 Å². The minimum Gasteiger partial charge on any atom is -0.484 e. The monoisotopic (exact) mass is 642 g/mol. The molecule has 1 heterocycles. The molecule has 1 saturated heterocycles. The molecule has 4 saturated carbocycles. The van der Waals surface area contributed by atoms with E-state index in [1.807, 2.05) is 37.8 Å². The molecule has 0 radical (unpaired) electrons. The molecule has 0 spiro atoms. The van der Waals surface area contributed by atoms with Crippen LogP contribution in [-0.4, -0.2) is 112 Å². The van der Waals surface area contributed by atoms with Crippen LogP contribution in [0.5, 0.6) is 5.75 Å². The van der Waals surface area contributed by atoms with Gasteiger partial charge >= 0.3 is 6.09 Å². The molecular formula is C35H54N4O7. The largest absolute Gasteiger partial charge is 0.484 e. The van der Waals surface area contributed by atoms with Crippen LogP contribution in [0, 0.1) is 17.8 Å². The van der Waals surface area contributed by atoms with E-state index in [2.05, 4.69) is 27.7 Å². The molecule has 1 aromatic carbocycles. The molecule has 3 amide bonds. The van der Waals surface area contributed by atoms with Crippen LogP contribution in [0.15, 0.2) is 24.3 Å². The van der Waals surface area contributed by atoms with Crippen molar-refractivity contribution < 1.29 is 33.3 Å². The predicted octanol–water partition coefficient (Wildman–Crippen LogP) is 3.35. The molecule has 0 atom stereocenters. The maximum atomic E-state index is 12.8. The Morgan fingerprint density at radius 3 is 2.02 bits per heavy atom. The summed E-state index contributed by atoms with van der Waals surface area (Å²) in [6.07, 6.45) is 7.89. The van der Waals surface area contributed by atoms with E-state index in [0.717, 1.165) is 23.5 Å². The summed E-state index contributed by atoms with van der Waals surface area (Å²) in [5.41, 5.74) is 1.49. The van der Waals surface area contributed by atoms with Crippen LogP contribution in [0.3, 0.4) is 0 Å². The van der Waals surface area contributed by atoms with E-state index in [0.29, 0.717) is 71.1 Å². The van der Waals surface area contributed by atoms with E-state index in [1.165, 1.54) is 44.1 Å². The Kier molecular flexibility index (Phi) is 11.8. The molecule has 1 aliphatic heterocycles. The Morgan fingerprint density at radius 1 is 0.826 bits per heavy atom. The molecule has 46 heavy (non-hydrogen) atoms. The summed E-state index contributed by atoms with van der Waals surface area (Å²) in [7, 11) is 0. The minimum absolute atomic E-state index is 0.0195. The topological polar surface area (TPSA) is 119 Å². The van der Waals surface area contributed by atoms with Gasteiger partial charge in [-0.3, -0.25) is 14.5 Å². The SMILES string of the molecule is CC(C)(C)NC(=O)OCCOCCOCCNC(=O)CN1CCN(C(=O)COc2ccc(C34CC5CC(CC(C5)C3)C4)cc2)CC1. The van der Waals surface area contributed by atoms with Crippen molar-refractivity contribution in [1.82, 2.24) is 20.4 Å². The number of amides is 3. The first-order valence-electron chi connectivity index (χ1n) is 17.2. The lowest BCUT2D eigenvalue weighted by atomic mass is 9.48. The summed E-state index contributed by atoms with van der Waals surface area (Å²) in [6, 6.07) is 8.58. The van der Waals surface area contributed by atoms with Crippen LogP contribution in [-0.2, 0) is 29.2 Å². The maximum absolute atomic E-state index is 12.8. The molecule has 11 nitrogen and oxygen atoms in total. The van der Waals surface area contributed by atoms with Crippen molar-refractivity contribution in [2.75, 3.05) is 78.9 Å². The molecule has 0 aromatic heterocycles.